The molecule has 14 nitrogen and oxygen atoms in total. The summed E-state index contributed by atoms with van der Waals surface area (Å²) in [5, 5.41) is 23.0. The first-order valence-electron chi connectivity index (χ1n) is 15.2. The average molecular weight is 625 g/mol. The molecule has 8 aliphatic rings. The lowest BCUT2D eigenvalue weighted by Gasteiger charge is -2.41. The maximum Gasteiger partial charge on any atom is 0.314 e. The van der Waals surface area contributed by atoms with Gasteiger partial charge in [-0.1, -0.05) is 22.3 Å². The van der Waals surface area contributed by atoms with E-state index in [1.807, 2.05) is 0 Å². The molecule has 0 aliphatic carbocycles. The second kappa shape index (κ2) is 14.2. The van der Waals surface area contributed by atoms with E-state index >= 15 is 0 Å². The van der Waals surface area contributed by atoms with Gasteiger partial charge in [0.15, 0.2) is 23.8 Å². The molecular formula is C30H52N6O8. The van der Waals surface area contributed by atoms with E-state index in [9.17, 15) is 20.2 Å². The molecule has 0 aromatic heterocycles. The number of hydrogen-bond acceptors (Lipinski definition) is 12. The van der Waals surface area contributed by atoms with Crippen LogP contribution in [0, 0.1) is 32.1 Å². The van der Waals surface area contributed by atoms with Gasteiger partial charge < -0.3 is 38.5 Å². The van der Waals surface area contributed by atoms with E-state index in [4.69, 9.17) is 18.9 Å². The Bertz CT molecular complexity index is 1110. The molecule has 0 N–H and O–H groups in total. The van der Waals surface area contributed by atoms with Crippen LogP contribution < -0.4 is 0 Å². The second-order valence-corrected chi connectivity index (χ2v) is 12.3. The number of rotatable bonds is 6. The SMILES string of the molecule is C.C.C.O=[N+]([O-])C1=C2N(CC3CCOC3)CCN2[C@@H]2CC[C@H]1O2.O=[N+]([O-])C1=C2N(CC3CCOC3)CCN2[C@H]2CCC[C@@H]1O2. The van der Waals surface area contributed by atoms with Crippen molar-refractivity contribution in [3.8, 4) is 0 Å². The first kappa shape index (κ1) is 34.2. The predicted octanol–water partition coefficient (Wildman–Crippen LogP) is 3.51. The molecule has 0 spiro atoms. The van der Waals surface area contributed by atoms with Gasteiger partial charge in [-0.25, -0.2) is 0 Å². The molecule has 0 aromatic carbocycles. The topological polar surface area (TPSA) is 136 Å². The lowest BCUT2D eigenvalue weighted by atomic mass is 10.0. The molecule has 6 atom stereocenters. The van der Waals surface area contributed by atoms with Crippen LogP contribution in [0.3, 0.4) is 0 Å². The molecule has 8 rings (SSSR count). The van der Waals surface area contributed by atoms with Gasteiger partial charge in [-0.15, -0.1) is 0 Å². The zero-order valence-corrected chi connectivity index (χ0v) is 23.4. The third-order valence-corrected chi connectivity index (χ3v) is 9.76. The molecule has 250 valence electrons. The Morgan fingerprint density at radius 3 is 1.57 bits per heavy atom. The van der Waals surface area contributed by atoms with Crippen LogP contribution >= 0.6 is 0 Å². The van der Waals surface area contributed by atoms with Gasteiger partial charge in [0.05, 0.1) is 23.1 Å². The molecule has 0 aromatic rings. The molecule has 14 heteroatoms. The monoisotopic (exact) mass is 624 g/mol. The van der Waals surface area contributed by atoms with Crippen molar-refractivity contribution in [2.75, 3.05) is 65.7 Å². The molecule has 6 saturated heterocycles. The lowest BCUT2D eigenvalue weighted by Crippen LogP contribution is -2.49. The van der Waals surface area contributed by atoms with Crippen LogP contribution in [0.4, 0.5) is 0 Å². The van der Waals surface area contributed by atoms with Crippen LogP contribution in [0.1, 0.15) is 67.2 Å². The van der Waals surface area contributed by atoms with Gasteiger partial charge >= 0.3 is 11.4 Å². The molecule has 8 heterocycles. The van der Waals surface area contributed by atoms with Gasteiger partial charge in [-0.05, 0) is 44.9 Å². The minimum absolute atomic E-state index is 0. The molecule has 2 unspecified atom stereocenters. The summed E-state index contributed by atoms with van der Waals surface area (Å²) in [5.74, 6) is 2.64. The molecular weight excluding hydrogens is 572 g/mol. The Morgan fingerprint density at radius 1 is 0.636 bits per heavy atom. The summed E-state index contributed by atoms with van der Waals surface area (Å²) in [6.07, 6.45) is 5.96. The summed E-state index contributed by atoms with van der Waals surface area (Å²) in [4.78, 5) is 31.2. The minimum Gasteiger partial charge on any atom is -0.381 e. The molecule has 0 radical (unpaired) electrons. The third kappa shape index (κ3) is 6.22. The van der Waals surface area contributed by atoms with E-state index in [0.29, 0.717) is 11.8 Å². The van der Waals surface area contributed by atoms with E-state index in [1.54, 1.807) is 0 Å². The second-order valence-electron chi connectivity index (χ2n) is 12.3. The largest absolute Gasteiger partial charge is 0.381 e. The van der Waals surface area contributed by atoms with E-state index in [0.717, 1.165) is 122 Å². The zero-order valence-electron chi connectivity index (χ0n) is 23.4. The first-order valence-corrected chi connectivity index (χ1v) is 15.2. The van der Waals surface area contributed by atoms with Crippen LogP contribution in [0.25, 0.3) is 0 Å². The Kier molecular flexibility index (Phi) is 11.0. The quantitative estimate of drug-likeness (QED) is 0.316. The smallest absolute Gasteiger partial charge is 0.314 e. The maximum atomic E-state index is 11.6. The minimum atomic E-state index is -0.328. The standard InChI is InChI=1S/C14H21N3O4.C13H19N3O4.3CH4/c18-17(19)13-11-2-1-3-12(21-11)16-6-5-15(14(13)16)8-10-4-7-20-9-10;17-16(18)12-10-1-2-11(20-10)15-5-4-14(13(12)15)7-9-3-6-19-8-9;;;/h10-12H,1-9H2;9-11H,1-8H2;3*1H4/t10?,11-,12+;9?,10-,11+;;;/m01.../s1. The number of ether oxygens (including phenoxy) is 4. The number of hydrogen-bond donors (Lipinski definition) is 0. The van der Waals surface area contributed by atoms with Gasteiger partial charge in [-0.2, -0.15) is 0 Å². The Hall–Kier alpha value is -2.68. The van der Waals surface area contributed by atoms with Crippen LogP contribution in [-0.2, 0) is 18.9 Å². The fourth-order valence-electron chi connectivity index (χ4n) is 7.83. The Labute approximate surface area is 261 Å². The van der Waals surface area contributed by atoms with E-state index in [-0.39, 0.29) is 68.2 Å². The molecule has 0 amide bonds. The van der Waals surface area contributed by atoms with Crippen molar-refractivity contribution in [3.05, 3.63) is 43.3 Å². The zero-order chi connectivity index (χ0) is 28.1. The summed E-state index contributed by atoms with van der Waals surface area (Å²) in [5.41, 5.74) is 0.553. The molecule has 6 fully saturated rings. The maximum absolute atomic E-state index is 11.6. The average Bonchev–Trinajstić information content (AvgIpc) is 3.79. The van der Waals surface area contributed by atoms with Crippen molar-refractivity contribution < 1.29 is 28.8 Å². The van der Waals surface area contributed by atoms with Crippen LogP contribution in [0.5, 0.6) is 0 Å². The van der Waals surface area contributed by atoms with Crippen LogP contribution in [-0.4, -0.2) is 120 Å². The van der Waals surface area contributed by atoms with Crippen molar-refractivity contribution in [1.82, 2.24) is 19.6 Å². The highest BCUT2D eigenvalue weighted by Gasteiger charge is 2.51. The summed E-state index contributed by atoms with van der Waals surface area (Å²) in [7, 11) is 0. The Morgan fingerprint density at radius 2 is 1.11 bits per heavy atom. The van der Waals surface area contributed by atoms with E-state index in [2.05, 4.69) is 19.6 Å². The molecule has 0 saturated carbocycles. The van der Waals surface area contributed by atoms with Crippen LogP contribution in [0.2, 0.25) is 0 Å². The fraction of sp³-hybridized carbons (Fsp3) is 0.867. The van der Waals surface area contributed by atoms with E-state index in [1.165, 1.54) is 0 Å². The third-order valence-electron chi connectivity index (χ3n) is 9.76. The summed E-state index contributed by atoms with van der Waals surface area (Å²) < 4.78 is 22.5. The number of fused-ring (bicyclic) bond motifs is 8. The number of nitrogens with zero attached hydrogens (tertiary/aromatic N) is 6. The van der Waals surface area contributed by atoms with Gasteiger partial charge in [0.1, 0.15) is 12.5 Å². The van der Waals surface area contributed by atoms with Crippen molar-refractivity contribution in [2.24, 2.45) is 11.8 Å². The summed E-state index contributed by atoms with van der Waals surface area (Å²) >= 11 is 0. The Balaban J connectivity index is 0.000000188. The van der Waals surface area contributed by atoms with Gasteiger partial charge in [-0.3, -0.25) is 20.2 Å². The molecule has 8 aliphatic heterocycles. The van der Waals surface area contributed by atoms with Crippen molar-refractivity contribution in [1.29, 1.82) is 0 Å². The lowest BCUT2D eigenvalue weighted by molar-refractivity contribution is -0.448. The highest BCUT2D eigenvalue weighted by molar-refractivity contribution is 5.21. The van der Waals surface area contributed by atoms with Crippen molar-refractivity contribution in [2.45, 2.75) is 91.9 Å². The van der Waals surface area contributed by atoms with Crippen molar-refractivity contribution >= 4 is 0 Å². The highest BCUT2D eigenvalue weighted by Crippen LogP contribution is 2.42. The summed E-state index contributed by atoms with van der Waals surface area (Å²) in [6, 6.07) is 0. The first-order chi connectivity index (χ1) is 20.0. The predicted molar refractivity (Wildman–Crippen MR) is 163 cm³/mol. The van der Waals surface area contributed by atoms with E-state index < -0.39 is 0 Å². The fourth-order valence-corrected chi connectivity index (χ4v) is 7.83. The van der Waals surface area contributed by atoms with Gasteiger partial charge in [0.2, 0.25) is 0 Å². The van der Waals surface area contributed by atoms with Gasteiger partial charge in [0, 0.05) is 64.3 Å². The summed E-state index contributed by atoms with van der Waals surface area (Å²) in [6.45, 7) is 8.29. The van der Waals surface area contributed by atoms with Gasteiger partial charge in [0.25, 0.3) is 0 Å². The molecule has 4 bridgehead atoms. The molecule has 44 heavy (non-hydrogen) atoms. The highest BCUT2D eigenvalue weighted by atomic mass is 16.6. The number of nitro groups is 2. The van der Waals surface area contributed by atoms with Crippen LogP contribution in [0.15, 0.2) is 23.0 Å². The normalized spacial score (nSPS) is 33.2. The van der Waals surface area contributed by atoms with Crippen molar-refractivity contribution in [3.63, 3.8) is 0 Å².